The number of aryl methyl sites for hydroxylation is 1. The van der Waals surface area contributed by atoms with Crippen molar-refractivity contribution in [1.29, 1.82) is 0 Å². The van der Waals surface area contributed by atoms with E-state index in [4.69, 9.17) is 0 Å². The highest BCUT2D eigenvalue weighted by Gasteiger charge is 2.30. The summed E-state index contributed by atoms with van der Waals surface area (Å²) in [4.78, 5) is 28.0. The molecule has 0 unspecified atom stereocenters. The molecule has 0 spiro atoms. The van der Waals surface area contributed by atoms with Gasteiger partial charge in [0.25, 0.3) is 0 Å². The number of unbranched alkanes of at least 4 members (excludes halogenated alkanes) is 1. The number of hydrogen-bond donors (Lipinski definition) is 2. The molecule has 7 nitrogen and oxygen atoms in total. The molecule has 8 heteroatoms. The molecule has 0 aliphatic carbocycles. The van der Waals surface area contributed by atoms with Gasteiger partial charge in [0.2, 0.25) is 0 Å². The molecule has 0 saturated carbocycles. The van der Waals surface area contributed by atoms with Gasteiger partial charge in [0.05, 0.1) is 4.90 Å². The van der Waals surface area contributed by atoms with E-state index in [1.807, 2.05) is 13.8 Å². The van der Waals surface area contributed by atoms with E-state index in [0.717, 1.165) is 18.4 Å². The van der Waals surface area contributed by atoms with Crippen LogP contribution in [0.4, 0.5) is 0 Å². The summed E-state index contributed by atoms with van der Waals surface area (Å²) in [5.41, 5.74) is 1.38. The fraction of sp³-hybridized carbons (Fsp3) is 0.350. The third-order valence-electron chi connectivity index (χ3n) is 4.25. The van der Waals surface area contributed by atoms with Crippen LogP contribution in [0.5, 0.6) is 0 Å². The van der Waals surface area contributed by atoms with Crippen molar-refractivity contribution in [2.24, 2.45) is 0 Å². The SMILES string of the molecule is CCCCNC(=O)C(=O)NC[C@@H](c1cccnc1)S(=O)(=O)c1ccc(C)cc1. The molecular weight excluding hydrogens is 378 g/mol. The van der Waals surface area contributed by atoms with Crippen LogP contribution in [0.15, 0.2) is 53.7 Å². The number of aromatic nitrogens is 1. The standard InChI is InChI=1S/C20H25N3O4S/c1-3-4-12-22-19(24)20(25)23-14-18(16-6-5-11-21-13-16)28(26,27)17-9-7-15(2)8-10-17/h5-11,13,18H,3-4,12,14H2,1-2H3,(H,22,24)(H,23,25)/t18-/m0/s1. The van der Waals surface area contributed by atoms with Crippen LogP contribution in [-0.4, -0.2) is 38.3 Å². The van der Waals surface area contributed by atoms with Crippen LogP contribution in [0, 0.1) is 6.92 Å². The summed E-state index contributed by atoms with van der Waals surface area (Å²) in [5.74, 6) is -1.63. The number of nitrogens with zero attached hydrogens (tertiary/aromatic N) is 1. The maximum absolute atomic E-state index is 13.2. The highest BCUT2D eigenvalue weighted by molar-refractivity contribution is 7.91. The Balaban J connectivity index is 2.20. The Morgan fingerprint density at radius 1 is 1.07 bits per heavy atom. The number of carbonyl (C=O) groups is 2. The lowest BCUT2D eigenvalue weighted by Crippen LogP contribution is -2.42. The minimum Gasteiger partial charge on any atom is -0.348 e. The zero-order chi connectivity index (χ0) is 20.6. The molecule has 150 valence electrons. The first-order chi connectivity index (χ1) is 13.4. The normalized spacial score (nSPS) is 12.2. The molecule has 1 aromatic carbocycles. The summed E-state index contributed by atoms with van der Waals surface area (Å²) in [7, 11) is -3.80. The predicted molar refractivity (Wildman–Crippen MR) is 106 cm³/mol. The van der Waals surface area contributed by atoms with E-state index in [9.17, 15) is 18.0 Å². The van der Waals surface area contributed by atoms with Crippen molar-refractivity contribution in [2.45, 2.75) is 36.8 Å². The first-order valence-electron chi connectivity index (χ1n) is 9.12. The van der Waals surface area contributed by atoms with Crippen molar-refractivity contribution in [3.8, 4) is 0 Å². The molecule has 0 fully saturated rings. The molecule has 2 N–H and O–H groups in total. The van der Waals surface area contributed by atoms with Gasteiger partial charge in [-0.05, 0) is 37.1 Å². The Kier molecular flexibility index (Phi) is 7.69. The second-order valence-corrected chi connectivity index (χ2v) is 8.58. The van der Waals surface area contributed by atoms with Gasteiger partial charge < -0.3 is 10.6 Å². The zero-order valence-electron chi connectivity index (χ0n) is 16.0. The molecule has 1 atom stereocenters. The lowest BCUT2D eigenvalue weighted by molar-refractivity contribution is -0.139. The van der Waals surface area contributed by atoms with Crippen molar-refractivity contribution < 1.29 is 18.0 Å². The summed E-state index contributed by atoms with van der Waals surface area (Å²) in [5, 5.41) is 3.89. The molecule has 0 aliphatic rings. The number of amides is 2. The summed E-state index contributed by atoms with van der Waals surface area (Å²) in [6.07, 6.45) is 4.64. The van der Waals surface area contributed by atoms with Crippen LogP contribution in [0.3, 0.4) is 0 Å². The Hall–Kier alpha value is -2.74. The molecule has 2 amide bonds. The van der Waals surface area contributed by atoms with Crippen molar-refractivity contribution in [3.05, 3.63) is 59.9 Å². The van der Waals surface area contributed by atoms with Crippen molar-refractivity contribution in [3.63, 3.8) is 0 Å². The van der Waals surface area contributed by atoms with Gasteiger partial charge in [-0.2, -0.15) is 0 Å². The molecule has 0 aliphatic heterocycles. The monoisotopic (exact) mass is 403 g/mol. The van der Waals surface area contributed by atoms with Crippen molar-refractivity contribution in [1.82, 2.24) is 15.6 Å². The predicted octanol–water partition coefficient (Wildman–Crippen LogP) is 1.94. The second-order valence-electron chi connectivity index (χ2n) is 6.45. The largest absolute Gasteiger partial charge is 0.348 e. The van der Waals surface area contributed by atoms with E-state index in [1.165, 1.54) is 18.3 Å². The lowest BCUT2D eigenvalue weighted by Gasteiger charge is -2.18. The highest BCUT2D eigenvalue weighted by Crippen LogP contribution is 2.28. The van der Waals surface area contributed by atoms with Gasteiger partial charge in [-0.25, -0.2) is 8.42 Å². The zero-order valence-corrected chi connectivity index (χ0v) is 16.8. The average Bonchev–Trinajstić information content (AvgIpc) is 2.69. The molecule has 1 heterocycles. The molecule has 1 aromatic heterocycles. The number of sulfone groups is 1. The van der Waals surface area contributed by atoms with Crippen molar-refractivity contribution >= 4 is 21.7 Å². The van der Waals surface area contributed by atoms with E-state index < -0.39 is 26.9 Å². The maximum Gasteiger partial charge on any atom is 0.309 e. The number of hydrogen-bond acceptors (Lipinski definition) is 5. The highest BCUT2D eigenvalue weighted by atomic mass is 32.2. The fourth-order valence-corrected chi connectivity index (χ4v) is 4.23. The third kappa shape index (κ3) is 5.63. The second kappa shape index (κ2) is 9.98. The summed E-state index contributed by atoms with van der Waals surface area (Å²) < 4.78 is 26.3. The number of benzene rings is 1. The Morgan fingerprint density at radius 3 is 2.36 bits per heavy atom. The van der Waals surface area contributed by atoms with Crippen LogP contribution < -0.4 is 10.6 Å². The third-order valence-corrected chi connectivity index (χ3v) is 6.37. The summed E-state index contributed by atoms with van der Waals surface area (Å²) in [6, 6.07) is 9.77. The van der Waals surface area contributed by atoms with E-state index in [0.29, 0.717) is 12.1 Å². The number of rotatable bonds is 8. The van der Waals surface area contributed by atoms with Crippen LogP contribution in [0.25, 0.3) is 0 Å². The van der Waals surface area contributed by atoms with Gasteiger partial charge >= 0.3 is 11.8 Å². The first-order valence-corrected chi connectivity index (χ1v) is 10.7. The fourth-order valence-electron chi connectivity index (χ4n) is 2.59. The summed E-state index contributed by atoms with van der Waals surface area (Å²) in [6.45, 7) is 4.01. The Labute approximate surface area is 165 Å². The van der Waals surface area contributed by atoms with Crippen molar-refractivity contribution in [2.75, 3.05) is 13.1 Å². The smallest absolute Gasteiger partial charge is 0.309 e. The molecule has 0 radical (unpaired) electrons. The van der Waals surface area contributed by atoms with Gasteiger partial charge in [-0.3, -0.25) is 14.6 Å². The van der Waals surface area contributed by atoms with E-state index in [2.05, 4.69) is 15.6 Å². The van der Waals surface area contributed by atoms with Crippen LogP contribution in [0.2, 0.25) is 0 Å². The molecule has 2 aromatic rings. The number of nitrogens with one attached hydrogen (secondary N) is 2. The lowest BCUT2D eigenvalue weighted by atomic mass is 10.2. The Bertz CT molecular complexity index is 897. The van der Waals surface area contributed by atoms with Gasteiger partial charge in [0, 0.05) is 25.5 Å². The Morgan fingerprint density at radius 2 is 1.75 bits per heavy atom. The van der Waals surface area contributed by atoms with Crippen LogP contribution in [0.1, 0.15) is 36.1 Å². The quantitative estimate of drug-likeness (QED) is 0.518. The topological polar surface area (TPSA) is 105 Å². The van der Waals surface area contributed by atoms with Gasteiger partial charge in [-0.1, -0.05) is 37.1 Å². The molecular formula is C20H25N3O4S. The number of pyridine rings is 1. The summed E-state index contributed by atoms with van der Waals surface area (Å²) >= 11 is 0. The molecule has 0 saturated heterocycles. The average molecular weight is 404 g/mol. The number of carbonyl (C=O) groups excluding carboxylic acids is 2. The maximum atomic E-state index is 13.2. The molecule has 28 heavy (non-hydrogen) atoms. The van der Waals surface area contributed by atoms with E-state index in [-0.39, 0.29) is 11.4 Å². The molecule has 0 bridgehead atoms. The van der Waals surface area contributed by atoms with Crippen LogP contribution >= 0.6 is 0 Å². The minimum atomic E-state index is -3.80. The van der Waals surface area contributed by atoms with E-state index >= 15 is 0 Å². The van der Waals surface area contributed by atoms with Crippen LogP contribution in [-0.2, 0) is 19.4 Å². The molecule has 2 rings (SSSR count). The van der Waals surface area contributed by atoms with E-state index in [1.54, 1.807) is 30.5 Å². The first kappa shape index (κ1) is 21.6. The van der Waals surface area contributed by atoms with Gasteiger partial charge in [0.1, 0.15) is 5.25 Å². The van der Waals surface area contributed by atoms with Gasteiger partial charge in [-0.15, -0.1) is 0 Å². The minimum absolute atomic E-state index is 0.147. The van der Waals surface area contributed by atoms with Gasteiger partial charge in [0.15, 0.2) is 9.84 Å².